The summed E-state index contributed by atoms with van der Waals surface area (Å²) in [7, 11) is 0. The fourth-order valence-electron chi connectivity index (χ4n) is 1.84. The van der Waals surface area contributed by atoms with Gasteiger partial charge in [0.2, 0.25) is 0 Å². The van der Waals surface area contributed by atoms with Crippen LogP contribution < -0.4 is 16.7 Å². The Kier molecular flexibility index (Phi) is 4.99. The van der Waals surface area contributed by atoms with E-state index >= 15 is 0 Å². The van der Waals surface area contributed by atoms with Gasteiger partial charge in [0.05, 0.1) is 0 Å². The zero-order chi connectivity index (χ0) is 12.8. The van der Waals surface area contributed by atoms with E-state index < -0.39 is 0 Å². The second kappa shape index (κ2) is 6.73. The smallest absolute Gasteiger partial charge is 0.361 e. The van der Waals surface area contributed by atoms with Gasteiger partial charge in [0.25, 0.3) is 0 Å². The molecule has 0 aromatic heterocycles. The van der Waals surface area contributed by atoms with Crippen LogP contribution in [0.25, 0.3) is 0 Å². The molecule has 2 aromatic carbocycles. The third-order valence-corrected chi connectivity index (χ3v) is 3.21. The number of nitrogens with two attached hydrogens (primary N) is 1. The second-order valence-electron chi connectivity index (χ2n) is 4.00. The first-order valence-corrected chi connectivity index (χ1v) is 6.72. The maximum atomic E-state index is 5.86. The molecule has 0 aliphatic rings. The van der Waals surface area contributed by atoms with Crippen LogP contribution in [0, 0.1) is 0 Å². The molecule has 2 rings (SSSR count). The van der Waals surface area contributed by atoms with Gasteiger partial charge in [-0.2, -0.15) is 0 Å². The minimum absolute atomic E-state index is 0.0529. The van der Waals surface area contributed by atoms with Gasteiger partial charge in [-0.3, -0.25) is 0 Å². The summed E-state index contributed by atoms with van der Waals surface area (Å²) in [5, 5.41) is 0. The van der Waals surface area contributed by atoms with Crippen molar-refractivity contribution in [1.82, 2.24) is 0 Å². The Morgan fingerprint density at radius 2 is 1.56 bits per heavy atom. The van der Waals surface area contributed by atoms with E-state index in [9.17, 15) is 0 Å². The van der Waals surface area contributed by atoms with Crippen LogP contribution in [0.4, 0.5) is 0 Å². The van der Waals surface area contributed by atoms with E-state index in [1.807, 2.05) is 30.3 Å². The molecule has 92 valence electrons. The molecule has 0 saturated heterocycles. The third kappa shape index (κ3) is 3.45. The van der Waals surface area contributed by atoms with E-state index in [2.05, 4.69) is 40.2 Å². The van der Waals surface area contributed by atoms with Crippen molar-refractivity contribution in [2.45, 2.75) is 0 Å². The largest absolute Gasteiger partial charge is 0.426 e. The van der Waals surface area contributed by atoms with Gasteiger partial charge in [-0.1, -0.05) is 58.4 Å². The first-order chi connectivity index (χ1) is 8.81. The summed E-state index contributed by atoms with van der Waals surface area (Å²) in [6, 6.07) is 18.4. The molecule has 0 atom stereocenters. The topological polar surface area (TPSA) is 35.2 Å². The lowest BCUT2D eigenvalue weighted by molar-refractivity contribution is 0.344. The molecule has 0 saturated carbocycles. The van der Waals surface area contributed by atoms with Gasteiger partial charge >= 0.3 is 6.92 Å². The average molecular weight is 304 g/mol. The predicted molar refractivity (Wildman–Crippen MR) is 80.6 cm³/mol. The number of hydrogen-bond donors (Lipinski definition) is 1. The molecule has 0 fully saturated rings. The first-order valence-electron chi connectivity index (χ1n) is 5.93. The van der Waals surface area contributed by atoms with Gasteiger partial charge in [-0.05, 0) is 23.1 Å². The van der Waals surface area contributed by atoms with E-state index in [0.717, 1.165) is 15.4 Å². The Balaban J connectivity index is 2.27. The molecule has 0 bridgehead atoms. The van der Waals surface area contributed by atoms with Crippen LogP contribution in [-0.2, 0) is 4.65 Å². The fourth-order valence-corrected chi connectivity index (χ4v) is 2.10. The molecule has 0 aliphatic heterocycles. The van der Waals surface area contributed by atoms with Crippen molar-refractivity contribution in [3.8, 4) is 0 Å². The van der Waals surface area contributed by atoms with E-state index in [0.29, 0.717) is 13.2 Å². The van der Waals surface area contributed by atoms with Crippen LogP contribution in [-0.4, -0.2) is 20.1 Å². The molecule has 0 spiro atoms. The van der Waals surface area contributed by atoms with Crippen molar-refractivity contribution in [3.05, 3.63) is 59.1 Å². The number of halogens is 1. The van der Waals surface area contributed by atoms with Crippen molar-refractivity contribution >= 4 is 33.8 Å². The lowest BCUT2D eigenvalue weighted by Gasteiger charge is -2.14. The van der Waals surface area contributed by atoms with Crippen molar-refractivity contribution in [1.29, 1.82) is 0 Å². The monoisotopic (exact) mass is 303 g/mol. The Labute approximate surface area is 116 Å². The van der Waals surface area contributed by atoms with Gasteiger partial charge in [0.1, 0.15) is 0 Å². The summed E-state index contributed by atoms with van der Waals surface area (Å²) in [5.41, 5.74) is 7.81. The molecule has 0 unspecified atom stereocenters. The highest BCUT2D eigenvalue weighted by Gasteiger charge is 2.20. The van der Waals surface area contributed by atoms with E-state index in [4.69, 9.17) is 10.4 Å². The molecular weight excluding hydrogens is 289 g/mol. The van der Waals surface area contributed by atoms with E-state index in [-0.39, 0.29) is 6.92 Å². The molecule has 18 heavy (non-hydrogen) atoms. The third-order valence-electron chi connectivity index (χ3n) is 2.68. The first kappa shape index (κ1) is 13.3. The van der Waals surface area contributed by atoms with Gasteiger partial charge < -0.3 is 10.4 Å². The van der Waals surface area contributed by atoms with Crippen molar-refractivity contribution in [2.24, 2.45) is 5.73 Å². The quantitative estimate of drug-likeness (QED) is 0.850. The minimum Gasteiger partial charge on any atom is -0.426 e. The van der Waals surface area contributed by atoms with Crippen molar-refractivity contribution in [3.63, 3.8) is 0 Å². The number of rotatable bonds is 5. The highest BCUT2D eigenvalue weighted by molar-refractivity contribution is 9.10. The van der Waals surface area contributed by atoms with Gasteiger partial charge in [0, 0.05) is 17.6 Å². The lowest BCUT2D eigenvalue weighted by Crippen LogP contribution is -2.45. The molecule has 0 amide bonds. The van der Waals surface area contributed by atoms with Crippen LogP contribution >= 0.6 is 15.9 Å². The SMILES string of the molecule is NCCOB(c1ccccc1)c1ccc(Br)cc1. The molecule has 0 heterocycles. The molecular formula is C14H15BBrNO. The van der Waals surface area contributed by atoms with E-state index in [1.165, 1.54) is 0 Å². The maximum Gasteiger partial charge on any atom is 0.361 e. The molecule has 2 nitrogen and oxygen atoms in total. The summed E-state index contributed by atoms with van der Waals surface area (Å²) in [5.74, 6) is 0. The van der Waals surface area contributed by atoms with Crippen LogP contribution in [0.2, 0.25) is 0 Å². The summed E-state index contributed by atoms with van der Waals surface area (Å²) in [6.45, 7) is 1.03. The van der Waals surface area contributed by atoms with Crippen LogP contribution in [0.15, 0.2) is 59.1 Å². The second-order valence-corrected chi connectivity index (χ2v) is 4.92. The van der Waals surface area contributed by atoms with Gasteiger partial charge in [-0.25, -0.2) is 0 Å². The summed E-state index contributed by atoms with van der Waals surface area (Å²) in [4.78, 5) is 0. The standard InChI is InChI=1S/C14H15BBrNO/c16-14-8-6-13(7-9-14)15(18-11-10-17)12-4-2-1-3-5-12/h1-9H,10-11,17H2. The Morgan fingerprint density at radius 3 is 2.17 bits per heavy atom. The summed E-state index contributed by atoms with van der Waals surface area (Å²) >= 11 is 3.44. The van der Waals surface area contributed by atoms with Gasteiger partial charge in [0.15, 0.2) is 0 Å². The Hall–Kier alpha value is -1.10. The lowest BCUT2D eigenvalue weighted by atomic mass is 9.55. The fraction of sp³-hybridized carbons (Fsp3) is 0.143. The zero-order valence-corrected chi connectivity index (χ0v) is 11.6. The van der Waals surface area contributed by atoms with Crippen LogP contribution in [0.3, 0.4) is 0 Å². The highest BCUT2D eigenvalue weighted by Crippen LogP contribution is 2.06. The number of benzene rings is 2. The van der Waals surface area contributed by atoms with Crippen molar-refractivity contribution < 1.29 is 4.65 Å². The van der Waals surface area contributed by atoms with Gasteiger partial charge in [-0.15, -0.1) is 0 Å². The molecule has 0 radical (unpaired) electrons. The minimum atomic E-state index is -0.0529. The van der Waals surface area contributed by atoms with Crippen LogP contribution in [0.1, 0.15) is 0 Å². The van der Waals surface area contributed by atoms with Crippen LogP contribution in [0.5, 0.6) is 0 Å². The zero-order valence-electron chi connectivity index (χ0n) is 10.1. The van der Waals surface area contributed by atoms with E-state index in [1.54, 1.807) is 0 Å². The summed E-state index contributed by atoms with van der Waals surface area (Å²) < 4.78 is 6.93. The normalized spacial score (nSPS) is 10.3. The number of hydrogen-bond acceptors (Lipinski definition) is 2. The molecule has 2 N–H and O–H groups in total. The molecule has 4 heteroatoms. The average Bonchev–Trinajstić information content (AvgIpc) is 2.42. The Bertz CT molecular complexity index is 475. The van der Waals surface area contributed by atoms with Crippen molar-refractivity contribution in [2.75, 3.05) is 13.2 Å². The predicted octanol–water partition coefficient (Wildman–Crippen LogP) is 1.53. The summed E-state index contributed by atoms with van der Waals surface area (Å²) in [6.07, 6.45) is 0. The Morgan fingerprint density at radius 1 is 0.944 bits per heavy atom. The molecule has 0 aliphatic carbocycles. The highest BCUT2D eigenvalue weighted by atomic mass is 79.9. The maximum absolute atomic E-state index is 5.86. The molecule has 2 aromatic rings.